The van der Waals surface area contributed by atoms with Gasteiger partial charge < -0.3 is 13.7 Å². The molecule has 0 bridgehead atoms. The van der Waals surface area contributed by atoms with Crippen molar-refractivity contribution in [2.24, 2.45) is 11.8 Å². The summed E-state index contributed by atoms with van der Waals surface area (Å²) in [6.45, 7) is 25.2. The van der Waals surface area contributed by atoms with Gasteiger partial charge in [0, 0.05) is 18.2 Å². The summed E-state index contributed by atoms with van der Waals surface area (Å²) in [7, 11) is -4.51. The molecule has 0 radical (unpaired) electrons. The Labute approximate surface area is 255 Å². The molecule has 0 spiro atoms. The number of nitro benzene ring substituents is 1. The third kappa shape index (κ3) is 7.37. The van der Waals surface area contributed by atoms with Gasteiger partial charge in [0.15, 0.2) is 16.6 Å². The van der Waals surface area contributed by atoms with Gasteiger partial charge in [-0.3, -0.25) is 19.7 Å². The van der Waals surface area contributed by atoms with Crippen LogP contribution in [0.15, 0.2) is 24.3 Å². The van der Waals surface area contributed by atoms with Crippen LogP contribution in [-0.4, -0.2) is 60.7 Å². The highest BCUT2D eigenvalue weighted by molar-refractivity contribution is 9.10. The molecule has 1 saturated heterocycles. The second kappa shape index (κ2) is 12.4. The maximum atomic E-state index is 13.9. The van der Waals surface area contributed by atoms with E-state index in [0.717, 1.165) is 0 Å². The zero-order valence-corrected chi connectivity index (χ0v) is 30.1. The maximum Gasteiger partial charge on any atom is 0.376 e. The van der Waals surface area contributed by atoms with Crippen molar-refractivity contribution in [3.05, 3.63) is 39.9 Å². The highest BCUT2D eigenvalue weighted by atomic mass is 79.9. The first-order valence-electron chi connectivity index (χ1n) is 14.0. The Balaban J connectivity index is 2.29. The minimum absolute atomic E-state index is 0.0321. The van der Waals surface area contributed by atoms with E-state index in [1.807, 2.05) is 18.4 Å². The van der Waals surface area contributed by atoms with Crippen molar-refractivity contribution < 1.29 is 28.5 Å². The molecule has 1 aromatic carbocycles. The summed E-state index contributed by atoms with van der Waals surface area (Å²) < 4.78 is 13.9. The first-order valence-corrected chi connectivity index (χ1v) is 20.8. The number of nitro groups is 1. The third-order valence-corrected chi connectivity index (χ3v) is 20.6. The fraction of sp³-hybridized carbons (Fsp3) is 0.690. The van der Waals surface area contributed by atoms with E-state index >= 15 is 0 Å². The van der Waals surface area contributed by atoms with Crippen LogP contribution < -0.4 is 0 Å². The number of ether oxygens (including phenoxy) is 1. The van der Waals surface area contributed by atoms with Gasteiger partial charge in [-0.1, -0.05) is 77.5 Å². The number of esters is 1. The van der Waals surface area contributed by atoms with Crippen molar-refractivity contribution in [3.8, 4) is 0 Å². The molecule has 41 heavy (non-hydrogen) atoms. The number of ketones is 1. The smallest absolute Gasteiger partial charge is 0.376 e. The molecular weight excluding hydrogens is 624 g/mol. The summed E-state index contributed by atoms with van der Waals surface area (Å²) in [5.41, 5.74) is 0.453. The van der Waals surface area contributed by atoms with E-state index in [2.05, 4.69) is 83.7 Å². The van der Waals surface area contributed by atoms with Crippen LogP contribution in [0.3, 0.4) is 0 Å². The summed E-state index contributed by atoms with van der Waals surface area (Å²) in [6, 6.07) is 5.30. The molecule has 1 aliphatic heterocycles. The number of carbonyl (C=O) groups is 3. The molecule has 0 aromatic heterocycles. The number of hydrogen-bond acceptors (Lipinski definition) is 7. The zero-order chi connectivity index (χ0) is 31.9. The van der Waals surface area contributed by atoms with Crippen LogP contribution in [0.25, 0.3) is 0 Å². The summed E-state index contributed by atoms with van der Waals surface area (Å²) in [5, 5.41) is 10.7. The Bertz CT molecular complexity index is 1160. The molecule has 12 heteroatoms. The van der Waals surface area contributed by atoms with Crippen LogP contribution in [0.2, 0.25) is 36.3 Å². The van der Waals surface area contributed by atoms with Gasteiger partial charge in [0.1, 0.15) is 6.61 Å². The Morgan fingerprint density at radius 2 is 1.54 bits per heavy atom. The lowest BCUT2D eigenvalue weighted by Crippen LogP contribution is -2.77. The van der Waals surface area contributed by atoms with Gasteiger partial charge in [-0.25, -0.2) is 4.79 Å². The van der Waals surface area contributed by atoms with Crippen LogP contribution in [0.4, 0.5) is 5.69 Å². The van der Waals surface area contributed by atoms with Gasteiger partial charge in [-0.2, -0.15) is 0 Å². The molecular formula is C29H47BrN2O7Si2. The van der Waals surface area contributed by atoms with Crippen LogP contribution in [-0.2, 0) is 30.2 Å². The summed E-state index contributed by atoms with van der Waals surface area (Å²) >= 11 is 3.49. The SMILES string of the molecule is C[C@H](C(Br)C(=O)C(=O)OCc1ccc([N+](=O)[O-])cc1)[C@@H]1[C@@H]([C@@H](C)O[Si](C)(C)C(C)(C)C)C(=O)N1[Si](C)(C)C(C)(C)C. The number of halogens is 1. The number of hydrogen-bond donors (Lipinski definition) is 0. The molecule has 230 valence electrons. The minimum Gasteiger partial charge on any atom is -0.455 e. The number of rotatable bonds is 11. The molecule has 1 unspecified atom stereocenters. The van der Waals surface area contributed by atoms with Crippen molar-refractivity contribution in [2.75, 3.05) is 0 Å². The number of carbonyl (C=O) groups excluding carboxylic acids is 3. The Hall–Kier alpha value is -1.90. The fourth-order valence-corrected chi connectivity index (χ4v) is 9.25. The molecule has 1 aromatic rings. The number of benzene rings is 1. The van der Waals surface area contributed by atoms with E-state index in [4.69, 9.17) is 9.16 Å². The highest BCUT2D eigenvalue weighted by Gasteiger charge is 2.62. The molecule has 0 saturated carbocycles. The van der Waals surface area contributed by atoms with Gasteiger partial charge in [0.2, 0.25) is 5.91 Å². The van der Waals surface area contributed by atoms with E-state index in [-0.39, 0.29) is 40.4 Å². The summed E-state index contributed by atoms with van der Waals surface area (Å²) in [4.78, 5) is 49.4. The van der Waals surface area contributed by atoms with Gasteiger partial charge in [0.25, 0.3) is 11.5 Å². The van der Waals surface area contributed by atoms with Crippen LogP contribution in [0, 0.1) is 22.0 Å². The monoisotopic (exact) mass is 670 g/mol. The van der Waals surface area contributed by atoms with Crippen LogP contribution in [0.1, 0.15) is 61.0 Å². The molecule has 9 nitrogen and oxygen atoms in total. The second-order valence-electron chi connectivity index (χ2n) is 14.2. The number of nitrogens with zero attached hydrogens (tertiary/aromatic N) is 2. The molecule has 2 rings (SSSR count). The molecule has 1 aliphatic rings. The van der Waals surface area contributed by atoms with E-state index in [1.54, 1.807) is 0 Å². The molecule has 1 amide bonds. The second-order valence-corrected chi connectivity index (χ2v) is 25.1. The number of β-lactam (4-membered cyclic amide) rings is 1. The van der Waals surface area contributed by atoms with Crippen LogP contribution in [0.5, 0.6) is 0 Å². The average molecular weight is 672 g/mol. The van der Waals surface area contributed by atoms with E-state index in [1.165, 1.54) is 24.3 Å². The summed E-state index contributed by atoms with van der Waals surface area (Å²) in [6.07, 6.45) is -0.347. The normalized spacial score (nSPS) is 20.6. The third-order valence-electron chi connectivity index (χ3n) is 9.39. The molecule has 1 fully saturated rings. The maximum absolute atomic E-state index is 13.9. The van der Waals surface area contributed by atoms with Gasteiger partial charge in [0.05, 0.1) is 21.8 Å². The Kier molecular flexibility index (Phi) is 10.7. The zero-order valence-electron chi connectivity index (χ0n) is 26.5. The summed E-state index contributed by atoms with van der Waals surface area (Å²) in [5.74, 6) is -2.50. The van der Waals surface area contributed by atoms with Crippen molar-refractivity contribution in [1.82, 2.24) is 4.57 Å². The van der Waals surface area contributed by atoms with Gasteiger partial charge >= 0.3 is 5.97 Å². The first-order chi connectivity index (χ1) is 18.5. The predicted molar refractivity (Wildman–Crippen MR) is 169 cm³/mol. The minimum atomic E-state index is -2.33. The molecule has 1 heterocycles. The van der Waals surface area contributed by atoms with Crippen molar-refractivity contribution in [1.29, 1.82) is 0 Å². The highest BCUT2D eigenvalue weighted by Crippen LogP contribution is 2.50. The number of alkyl halides is 1. The standard InChI is InChI=1S/C29H47BrN2O7Si2/c1-18(23(30)25(33)27(35)38-17-20-13-15-21(16-14-20)32(36)37)24-22(19(2)39-41(11,12)29(6,7)8)26(34)31(24)40(9,10)28(3,4)5/h13-16,18-19,22-24H,17H2,1-12H3/t18-,19-,22-,23?,24-/m1/s1. The van der Waals surface area contributed by atoms with Crippen molar-refractivity contribution >= 4 is 55.8 Å². The molecule has 0 N–H and O–H groups in total. The lowest BCUT2D eigenvalue weighted by Gasteiger charge is -2.62. The topological polar surface area (TPSA) is 116 Å². The number of Topliss-reactive ketones (excluding diaryl/α,β-unsaturated/α-hetero) is 1. The van der Waals surface area contributed by atoms with E-state index in [0.29, 0.717) is 5.56 Å². The molecule has 0 aliphatic carbocycles. The van der Waals surface area contributed by atoms with Gasteiger partial charge in [-0.15, -0.1) is 0 Å². The first kappa shape index (κ1) is 35.3. The van der Waals surface area contributed by atoms with E-state index in [9.17, 15) is 24.5 Å². The van der Waals surface area contributed by atoms with E-state index < -0.39 is 49.9 Å². The lowest BCUT2D eigenvalue weighted by atomic mass is 9.77. The number of amides is 1. The Morgan fingerprint density at radius 1 is 1.02 bits per heavy atom. The largest absolute Gasteiger partial charge is 0.455 e. The quantitative estimate of drug-likeness (QED) is 0.0481. The van der Waals surface area contributed by atoms with Crippen LogP contribution >= 0.6 is 15.9 Å². The van der Waals surface area contributed by atoms with Crippen molar-refractivity contribution in [3.63, 3.8) is 0 Å². The average Bonchev–Trinajstić information content (AvgIpc) is 2.82. The van der Waals surface area contributed by atoms with Crippen molar-refractivity contribution in [2.45, 2.75) is 115 Å². The number of non-ortho nitro benzene ring substituents is 1. The fourth-order valence-electron chi connectivity index (χ4n) is 4.76. The predicted octanol–water partition coefficient (Wildman–Crippen LogP) is 6.85. The molecule has 5 atom stereocenters. The lowest BCUT2D eigenvalue weighted by molar-refractivity contribution is -0.384. The Morgan fingerprint density at radius 3 is 1.98 bits per heavy atom. The van der Waals surface area contributed by atoms with Gasteiger partial charge in [-0.05, 0) is 53.7 Å².